The summed E-state index contributed by atoms with van der Waals surface area (Å²) >= 11 is 0. The van der Waals surface area contributed by atoms with E-state index in [2.05, 4.69) is 21.4 Å². The number of anilines is 1. The van der Waals surface area contributed by atoms with Crippen LogP contribution in [0.3, 0.4) is 0 Å². The molecule has 0 aromatic carbocycles. The zero-order valence-corrected chi connectivity index (χ0v) is 15.5. The van der Waals surface area contributed by atoms with Crippen molar-refractivity contribution in [1.82, 2.24) is 26.3 Å². The summed E-state index contributed by atoms with van der Waals surface area (Å²) in [5.74, 6) is 0.732. The molecule has 2 saturated heterocycles. The fourth-order valence-corrected chi connectivity index (χ4v) is 4.32. The molecule has 3 heterocycles. The van der Waals surface area contributed by atoms with Gasteiger partial charge in [0.1, 0.15) is 5.82 Å². The third-order valence-corrected chi connectivity index (χ3v) is 5.92. The van der Waals surface area contributed by atoms with Gasteiger partial charge in [-0.2, -0.15) is 18.7 Å². The molecule has 1 amide bonds. The van der Waals surface area contributed by atoms with Crippen molar-refractivity contribution in [3.05, 3.63) is 23.9 Å². The first kappa shape index (κ1) is 19.4. The first-order valence-electron chi connectivity index (χ1n) is 9.75. The lowest BCUT2D eigenvalue weighted by atomic mass is 9.82. The quantitative estimate of drug-likeness (QED) is 0.697. The number of halogens is 3. The SMILES string of the molecule is O=C(C1CCC2NNNC2C1)N1CCCN(c2ccc(C(F)(F)F)cn2)CC1. The van der Waals surface area contributed by atoms with Gasteiger partial charge in [-0.25, -0.2) is 15.8 Å². The van der Waals surface area contributed by atoms with Crippen LogP contribution in [0.25, 0.3) is 0 Å². The number of alkyl halides is 3. The normalized spacial score (nSPS) is 28.8. The van der Waals surface area contributed by atoms with Crippen LogP contribution in [0.4, 0.5) is 19.0 Å². The molecule has 4 rings (SSSR count). The molecule has 7 nitrogen and oxygen atoms in total. The van der Waals surface area contributed by atoms with Gasteiger partial charge in [-0.15, -0.1) is 0 Å². The molecule has 3 unspecified atom stereocenters. The van der Waals surface area contributed by atoms with E-state index in [1.54, 1.807) is 0 Å². The number of nitrogens with zero attached hydrogens (tertiary/aromatic N) is 3. The van der Waals surface area contributed by atoms with Gasteiger partial charge in [0.25, 0.3) is 0 Å². The van der Waals surface area contributed by atoms with E-state index in [-0.39, 0.29) is 17.9 Å². The molecule has 1 saturated carbocycles. The Kier molecular flexibility index (Phi) is 5.44. The van der Waals surface area contributed by atoms with Crippen molar-refractivity contribution in [2.24, 2.45) is 5.92 Å². The van der Waals surface area contributed by atoms with Crippen LogP contribution < -0.4 is 21.3 Å². The smallest absolute Gasteiger partial charge is 0.355 e. The second-order valence-corrected chi connectivity index (χ2v) is 7.71. The van der Waals surface area contributed by atoms with Crippen LogP contribution in [-0.4, -0.2) is 54.1 Å². The number of carbonyl (C=O) groups is 1. The van der Waals surface area contributed by atoms with Gasteiger partial charge in [0, 0.05) is 50.4 Å². The monoisotopic (exact) mass is 398 g/mol. The van der Waals surface area contributed by atoms with E-state index in [4.69, 9.17) is 0 Å². The standard InChI is InChI=1S/C18H25F3N6O/c19-18(20,21)13-3-5-16(22-11-13)26-6-1-7-27(9-8-26)17(28)12-2-4-14-15(10-12)24-25-23-14/h3,5,11-12,14-15,23-25H,1-2,4,6-10H2. The minimum atomic E-state index is -4.38. The molecule has 3 fully saturated rings. The number of carbonyl (C=O) groups excluding carboxylic acids is 1. The Bertz CT molecular complexity index is 698. The Balaban J connectivity index is 1.35. The van der Waals surface area contributed by atoms with Crippen molar-refractivity contribution >= 4 is 11.7 Å². The molecule has 3 atom stereocenters. The third-order valence-electron chi connectivity index (χ3n) is 5.92. The first-order valence-corrected chi connectivity index (χ1v) is 9.75. The first-order chi connectivity index (χ1) is 13.4. The number of hydrogen-bond donors (Lipinski definition) is 3. The highest BCUT2D eigenvalue weighted by Crippen LogP contribution is 2.30. The number of fused-ring (bicyclic) bond motifs is 1. The molecule has 154 valence electrons. The highest BCUT2D eigenvalue weighted by Gasteiger charge is 2.38. The van der Waals surface area contributed by atoms with Crippen molar-refractivity contribution in [1.29, 1.82) is 0 Å². The van der Waals surface area contributed by atoms with E-state index < -0.39 is 11.7 Å². The third kappa shape index (κ3) is 4.08. The van der Waals surface area contributed by atoms with Crippen LogP contribution in [0.15, 0.2) is 18.3 Å². The molecular formula is C18H25F3N6O. The largest absolute Gasteiger partial charge is 0.417 e. The van der Waals surface area contributed by atoms with Gasteiger partial charge < -0.3 is 9.80 Å². The Morgan fingerprint density at radius 1 is 1.07 bits per heavy atom. The molecule has 1 aromatic rings. The molecule has 10 heteroatoms. The van der Waals surface area contributed by atoms with Gasteiger partial charge in [-0.1, -0.05) is 0 Å². The number of pyridine rings is 1. The molecular weight excluding hydrogens is 373 g/mol. The Morgan fingerprint density at radius 2 is 1.89 bits per heavy atom. The van der Waals surface area contributed by atoms with Crippen molar-refractivity contribution in [3.63, 3.8) is 0 Å². The topological polar surface area (TPSA) is 72.5 Å². The van der Waals surface area contributed by atoms with Gasteiger partial charge in [-0.05, 0) is 37.8 Å². The maximum Gasteiger partial charge on any atom is 0.417 e. The van der Waals surface area contributed by atoms with E-state index in [9.17, 15) is 18.0 Å². The minimum Gasteiger partial charge on any atom is -0.355 e. The van der Waals surface area contributed by atoms with Crippen LogP contribution in [0.1, 0.15) is 31.2 Å². The van der Waals surface area contributed by atoms with E-state index in [0.717, 1.165) is 37.9 Å². The number of aromatic nitrogens is 1. The number of hydrogen-bond acceptors (Lipinski definition) is 6. The van der Waals surface area contributed by atoms with Crippen LogP contribution in [0, 0.1) is 5.92 Å². The summed E-state index contributed by atoms with van der Waals surface area (Å²) in [5.41, 5.74) is 8.54. The van der Waals surface area contributed by atoms with E-state index in [1.807, 2.05) is 9.80 Å². The number of rotatable bonds is 2. The van der Waals surface area contributed by atoms with Crippen LogP contribution in [0.5, 0.6) is 0 Å². The molecule has 3 N–H and O–H groups in total. The van der Waals surface area contributed by atoms with Gasteiger partial charge >= 0.3 is 6.18 Å². The zero-order chi connectivity index (χ0) is 19.7. The zero-order valence-electron chi connectivity index (χ0n) is 15.5. The number of amides is 1. The van der Waals surface area contributed by atoms with Gasteiger partial charge in [0.15, 0.2) is 0 Å². The summed E-state index contributed by atoms with van der Waals surface area (Å²) in [6.07, 6.45) is -0.101. The molecule has 1 aliphatic carbocycles. The van der Waals surface area contributed by atoms with Crippen molar-refractivity contribution < 1.29 is 18.0 Å². The fourth-order valence-electron chi connectivity index (χ4n) is 4.32. The fraction of sp³-hybridized carbons (Fsp3) is 0.667. The summed E-state index contributed by atoms with van der Waals surface area (Å²) < 4.78 is 38.1. The average molecular weight is 398 g/mol. The van der Waals surface area contributed by atoms with Crippen LogP contribution >= 0.6 is 0 Å². The predicted octanol–water partition coefficient (Wildman–Crippen LogP) is 1.29. The summed E-state index contributed by atoms with van der Waals surface area (Å²) in [4.78, 5) is 20.8. The summed E-state index contributed by atoms with van der Waals surface area (Å²) in [6, 6.07) is 3.11. The molecule has 0 bridgehead atoms. The maximum atomic E-state index is 13.0. The van der Waals surface area contributed by atoms with Crippen molar-refractivity contribution in [2.45, 2.75) is 43.9 Å². The summed E-state index contributed by atoms with van der Waals surface area (Å²) in [6.45, 7) is 2.48. The number of nitrogens with one attached hydrogen (secondary N) is 3. The highest BCUT2D eigenvalue weighted by molar-refractivity contribution is 5.79. The lowest BCUT2D eigenvalue weighted by molar-refractivity contribution is -0.138. The Labute approximate surface area is 161 Å². The van der Waals surface area contributed by atoms with Gasteiger partial charge in [0.2, 0.25) is 5.91 Å². The average Bonchev–Trinajstić information content (AvgIpc) is 3.01. The molecule has 3 aliphatic rings. The maximum absolute atomic E-state index is 13.0. The van der Waals surface area contributed by atoms with Crippen LogP contribution in [-0.2, 0) is 11.0 Å². The molecule has 1 aromatic heterocycles. The highest BCUT2D eigenvalue weighted by atomic mass is 19.4. The van der Waals surface area contributed by atoms with Crippen molar-refractivity contribution in [3.8, 4) is 0 Å². The Hall–Kier alpha value is -1.91. The molecule has 0 radical (unpaired) electrons. The second kappa shape index (κ2) is 7.84. The van der Waals surface area contributed by atoms with Gasteiger partial charge in [-0.3, -0.25) is 4.79 Å². The summed E-state index contributed by atoms with van der Waals surface area (Å²) in [5, 5.41) is 0. The summed E-state index contributed by atoms with van der Waals surface area (Å²) in [7, 11) is 0. The van der Waals surface area contributed by atoms with Crippen LogP contribution in [0.2, 0.25) is 0 Å². The number of hydrazine groups is 2. The lowest BCUT2D eigenvalue weighted by Crippen LogP contribution is -2.46. The second-order valence-electron chi connectivity index (χ2n) is 7.71. The van der Waals surface area contributed by atoms with E-state index >= 15 is 0 Å². The molecule has 28 heavy (non-hydrogen) atoms. The van der Waals surface area contributed by atoms with E-state index in [0.29, 0.717) is 38.0 Å². The Morgan fingerprint density at radius 3 is 2.64 bits per heavy atom. The predicted molar refractivity (Wildman–Crippen MR) is 97.0 cm³/mol. The van der Waals surface area contributed by atoms with Crippen molar-refractivity contribution in [2.75, 3.05) is 31.1 Å². The minimum absolute atomic E-state index is 0.0196. The van der Waals surface area contributed by atoms with E-state index in [1.165, 1.54) is 6.07 Å². The molecule has 2 aliphatic heterocycles. The van der Waals surface area contributed by atoms with Gasteiger partial charge in [0.05, 0.1) is 5.56 Å². The molecule has 0 spiro atoms. The lowest BCUT2D eigenvalue weighted by Gasteiger charge is -2.33.